The molecule has 1 rings (SSSR count). The van der Waals surface area contributed by atoms with E-state index in [1.54, 1.807) is 18.3 Å². The lowest BCUT2D eigenvalue weighted by molar-refractivity contribution is 0.700. The van der Waals surface area contributed by atoms with Gasteiger partial charge in [-0.15, -0.1) is 0 Å². The largest absolute Gasteiger partial charge is 0.319 e. The SMILES string of the molecule is N[C@H](C=S=O)c1ccccn1. The molecule has 1 atom stereocenters. The molecule has 58 valence electrons. The molecule has 4 heteroatoms. The Balaban J connectivity index is 2.84. The fourth-order valence-electron chi connectivity index (χ4n) is 0.703. The lowest BCUT2D eigenvalue weighted by Crippen LogP contribution is -2.12. The maximum Gasteiger partial charge on any atom is 0.0861 e. The second-order valence-electron chi connectivity index (χ2n) is 2.01. The fraction of sp³-hybridized carbons (Fsp3) is 0.143. The summed E-state index contributed by atoms with van der Waals surface area (Å²) >= 11 is 0.365. The summed E-state index contributed by atoms with van der Waals surface area (Å²) in [6.07, 6.45) is 1.65. The monoisotopic (exact) mass is 168 g/mol. The smallest absolute Gasteiger partial charge is 0.0861 e. The van der Waals surface area contributed by atoms with E-state index in [-0.39, 0.29) is 6.04 Å². The van der Waals surface area contributed by atoms with E-state index in [2.05, 4.69) is 4.98 Å². The molecule has 1 aromatic rings. The molecule has 1 heterocycles. The van der Waals surface area contributed by atoms with Crippen molar-refractivity contribution in [3.05, 3.63) is 30.1 Å². The molecule has 11 heavy (non-hydrogen) atoms. The predicted molar refractivity (Wildman–Crippen MR) is 45.4 cm³/mol. The number of rotatable bonds is 2. The number of nitrogens with zero attached hydrogens (tertiary/aromatic N) is 1. The van der Waals surface area contributed by atoms with Gasteiger partial charge in [-0.05, 0) is 12.1 Å². The summed E-state index contributed by atoms with van der Waals surface area (Å²) in [6.45, 7) is 0. The van der Waals surface area contributed by atoms with Gasteiger partial charge in [0, 0.05) is 11.6 Å². The zero-order chi connectivity index (χ0) is 8.10. The highest BCUT2D eigenvalue weighted by Gasteiger charge is 2.00. The second-order valence-corrected chi connectivity index (χ2v) is 2.48. The summed E-state index contributed by atoms with van der Waals surface area (Å²) in [7, 11) is 0. The number of nitrogens with two attached hydrogens (primary N) is 1. The minimum absolute atomic E-state index is 0.362. The highest BCUT2D eigenvalue weighted by atomic mass is 32.1. The van der Waals surface area contributed by atoms with Gasteiger partial charge >= 0.3 is 0 Å². The first-order chi connectivity index (χ1) is 5.34. The number of aromatic nitrogens is 1. The summed E-state index contributed by atoms with van der Waals surface area (Å²) in [5.74, 6) is 0. The van der Waals surface area contributed by atoms with Crippen molar-refractivity contribution in [2.45, 2.75) is 6.04 Å². The molecule has 3 nitrogen and oxygen atoms in total. The van der Waals surface area contributed by atoms with E-state index >= 15 is 0 Å². The van der Waals surface area contributed by atoms with Gasteiger partial charge in [0.15, 0.2) is 0 Å². The Morgan fingerprint density at radius 3 is 3.00 bits per heavy atom. The Morgan fingerprint density at radius 2 is 2.45 bits per heavy atom. The van der Waals surface area contributed by atoms with Crippen LogP contribution in [0.2, 0.25) is 0 Å². The lowest BCUT2D eigenvalue weighted by atomic mass is 10.2. The van der Waals surface area contributed by atoms with Crippen molar-refractivity contribution in [2.24, 2.45) is 5.73 Å². The minimum Gasteiger partial charge on any atom is -0.319 e. The Kier molecular flexibility index (Phi) is 2.95. The molecule has 0 aliphatic carbocycles. The molecule has 1 aromatic heterocycles. The van der Waals surface area contributed by atoms with Crippen LogP contribution in [0, 0.1) is 0 Å². The Hall–Kier alpha value is -1.00. The van der Waals surface area contributed by atoms with Gasteiger partial charge in [-0.1, -0.05) is 6.07 Å². The summed E-state index contributed by atoms with van der Waals surface area (Å²) < 4.78 is 10.1. The Labute approximate surface area is 68.3 Å². The molecule has 0 amide bonds. The van der Waals surface area contributed by atoms with Crippen molar-refractivity contribution in [1.29, 1.82) is 0 Å². The standard InChI is InChI=1S/C7H8N2OS/c8-6(5-11-10)7-3-1-2-4-9-7/h1-6H,8H2/t6-/m1/s1. The van der Waals surface area contributed by atoms with E-state index in [0.717, 1.165) is 5.69 Å². The average molecular weight is 168 g/mol. The zero-order valence-electron chi connectivity index (χ0n) is 5.81. The van der Waals surface area contributed by atoms with Gasteiger partial charge in [-0.25, -0.2) is 4.21 Å². The van der Waals surface area contributed by atoms with Gasteiger partial charge in [0.05, 0.1) is 23.0 Å². The van der Waals surface area contributed by atoms with Crippen LogP contribution in [0.3, 0.4) is 0 Å². The third-order valence-electron chi connectivity index (χ3n) is 1.23. The van der Waals surface area contributed by atoms with E-state index in [9.17, 15) is 4.21 Å². The molecular formula is C7H8N2OS. The fourth-order valence-corrected chi connectivity index (χ4v) is 0.962. The first-order valence-electron chi connectivity index (χ1n) is 3.13. The first-order valence-corrected chi connectivity index (χ1v) is 3.93. The molecular weight excluding hydrogens is 160 g/mol. The summed E-state index contributed by atoms with van der Waals surface area (Å²) in [4.78, 5) is 3.99. The van der Waals surface area contributed by atoms with Crippen LogP contribution in [0.15, 0.2) is 24.4 Å². The minimum atomic E-state index is -0.362. The number of pyridine rings is 1. The van der Waals surface area contributed by atoms with E-state index in [1.165, 1.54) is 5.37 Å². The molecule has 0 aliphatic rings. The van der Waals surface area contributed by atoms with Crippen LogP contribution < -0.4 is 5.73 Å². The van der Waals surface area contributed by atoms with E-state index in [0.29, 0.717) is 11.3 Å². The van der Waals surface area contributed by atoms with Crippen LogP contribution >= 0.6 is 0 Å². The molecule has 0 aromatic carbocycles. The topological polar surface area (TPSA) is 56.0 Å². The first kappa shape index (κ1) is 8.10. The molecule has 0 spiro atoms. The van der Waals surface area contributed by atoms with E-state index in [4.69, 9.17) is 5.73 Å². The van der Waals surface area contributed by atoms with Crippen molar-refractivity contribution in [2.75, 3.05) is 0 Å². The van der Waals surface area contributed by atoms with Crippen molar-refractivity contribution in [1.82, 2.24) is 4.98 Å². The quantitative estimate of drug-likeness (QED) is 0.637. The van der Waals surface area contributed by atoms with Crippen molar-refractivity contribution in [3.63, 3.8) is 0 Å². The van der Waals surface area contributed by atoms with Crippen molar-refractivity contribution >= 4 is 16.6 Å². The van der Waals surface area contributed by atoms with Gasteiger partial charge in [-0.2, -0.15) is 0 Å². The molecule has 0 bridgehead atoms. The Morgan fingerprint density at radius 1 is 1.64 bits per heavy atom. The molecule has 0 saturated heterocycles. The van der Waals surface area contributed by atoms with Gasteiger partial charge < -0.3 is 5.73 Å². The zero-order valence-corrected chi connectivity index (χ0v) is 6.62. The third kappa shape index (κ3) is 2.25. The lowest BCUT2D eigenvalue weighted by Gasteiger charge is -2.01. The van der Waals surface area contributed by atoms with Crippen molar-refractivity contribution < 1.29 is 4.21 Å². The van der Waals surface area contributed by atoms with E-state index < -0.39 is 0 Å². The molecule has 2 N–H and O–H groups in total. The summed E-state index contributed by atoms with van der Waals surface area (Å²) in [6, 6.07) is 5.07. The molecule has 0 fully saturated rings. The summed E-state index contributed by atoms with van der Waals surface area (Å²) in [5.41, 5.74) is 6.28. The highest BCUT2D eigenvalue weighted by Crippen LogP contribution is 2.01. The summed E-state index contributed by atoms with van der Waals surface area (Å²) in [5, 5.41) is 1.41. The molecule has 0 unspecified atom stereocenters. The highest BCUT2D eigenvalue weighted by molar-refractivity contribution is 7.64. The van der Waals surface area contributed by atoms with Crippen LogP contribution in [-0.2, 0) is 11.3 Å². The van der Waals surface area contributed by atoms with E-state index in [1.807, 2.05) is 6.07 Å². The van der Waals surface area contributed by atoms with Crippen LogP contribution in [0.4, 0.5) is 0 Å². The molecule has 0 radical (unpaired) electrons. The van der Waals surface area contributed by atoms with Gasteiger partial charge in [-0.3, -0.25) is 4.98 Å². The van der Waals surface area contributed by atoms with Crippen LogP contribution in [0.1, 0.15) is 11.7 Å². The second kappa shape index (κ2) is 4.00. The maximum absolute atomic E-state index is 10.1. The third-order valence-corrected chi connectivity index (χ3v) is 1.64. The van der Waals surface area contributed by atoms with Crippen LogP contribution in [0.25, 0.3) is 0 Å². The average Bonchev–Trinajstić information content (AvgIpc) is 2.07. The van der Waals surface area contributed by atoms with Gasteiger partial charge in [0.2, 0.25) is 0 Å². The molecule has 0 saturated carbocycles. The van der Waals surface area contributed by atoms with Gasteiger partial charge in [0.1, 0.15) is 0 Å². The predicted octanol–water partition coefficient (Wildman–Crippen LogP) is 0.0966. The van der Waals surface area contributed by atoms with Gasteiger partial charge in [0.25, 0.3) is 0 Å². The van der Waals surface area contributed by atoms with Crippen LogP contribution in [-0.4, -0.2) is 14.6 Å². The maximum atomic E-state index is 10.1. The van der Waals surface area contributed by atoms with Crippen LogP contribution in [0.5, 0.6) is 0 Å². The normalized spacial score (nSPS) is 12.1. The number of hydrogen-bond acceptors (Lipinski definition) is 3. The Bertz CT molecular complexity index is 269. The molecule has 0 aliphatic heterocycles. The van der Waals surface area contributed by atoms with Crippen molar-refractivity contribution in [3.8, 4) is 0 Å². The number of hydrogen-bond donors (Lipinski definition) is 1.